The molecular formula is C18H11ClN2O6S. The van der Waals surface area contributed by atoms with Crippen LogP contribution in [-0.4, -0.2) is 21.9 Å². The van der Waals surface area contributed by atoms with Crippen LogP contribution in [-0.2, 0) is 4.79 Å². The van der Waals surface area contributed by atoms with Crippen LogP contribution in [0.5, 0.6) is 0 Å². The van der Waals surface area contributed by atoms with Crippen molar-refractivity contribution >= 4 is 46.8 Å². The summed E-state index contributed by atoms with van der Waals surface area (Å²) >= 11 is 7.46. The first-order chi connectivity index (χ1) is 13.3. The molecule has 28 heavy (non-hydrogen) atoms. The molecule has 2 N–H and O–H groups in total. The van der Waals surface area contributed by atoms with E-state index in [0.717, 1.165) is 22.6 Å². The maximum atomic E-state index is 12.1. The molecule has 0 spiro atoms. The van der Waals surface area contributed by atoms with E-state index in [1.807, 2.05) is 12.1 Å². The third-order valence-electron chi connectivity index (χ3n) is 3.53. The number of benzene rings is 1. The number of hydrogen-bond donors (Lipinski definition) is 2. The Bertz CT molecular complexity index is 1100. The first-order valence-electron chi connectivity index (χ1n) is 7.70. The Hall–Kier alpha value is -3.43. The average Bonchev–Trinajstić information content (AvgIpc) is 3.31. The number of amides is 1. The summed E-state index contributed by atoms with van der Waals surface area (Å²) in [6, 6.07) is 12.8. The second-order valence-corrected chi connectivity index (χ2v) is 6.92. The number of nitrogens with zero attached hydrogens (tertiary/aromatic N) is 1. The summed E-state index contributed by atoms with van der Waals surface area (Å²) < 4.78 is 4.77. The number of aliphatic carboxylic acids is 1. The maximum absolute atomic E-state index is 12.1. The van der Waals surface area contributed by atoms with E-state index in [1.54, 1.807) is 24.3 Å². The van der Waals surface area contributed by atoms with Gasteiger partial charge in [-0.15, -0.1) is 11.3 Å². The van der Waals surface area contributed by atoms with Crippen molar-refractivity contribution in [3.63, 3.8) is 0 Å². The fraction of sp³-hybridized carbons (Fsp3) is 0. The minimum absolute atomic E-state index is 0.373. The summed E-state index contributed by atoms with van der Waals surface area (Å²) in [4.78, 5) is 34.8. The van der Waals surface area contributed by atoms with Crippen LogP contribution >= 0.6 is 22.9 Å². The summed E-state index contributed by atoms with van der Waals surface area (Å²) in [5, 5.41) is 22.7. The molecule has 2 aromatic heterocycles. The zero-order valence-corrected chi connectivity index (χ0v) is 15.5. The van der Waals surface area contributed by atoms with Crippen LogP contribution in [0.25, 0.3) is 16.5 Å². The van der Waals surface area contributed by atoms with E-state index >= 15 is 0 Å². The Morgan fingerprint density at radius 2 is 1.93 bits per heavy atom. The van der Waals surface area contributed by atoms with Crippen molar-refractivity contribution in [2.45, 2.75) is 0 Å². The Balaban J connectivity index is 1.83. The number of nitro groups is 1. The van der Waals surface area contributed by atoms with E-state index in [2.05, 4.69) is 5.32 Å². The summed E-state index contributed by atoms with van der Waals surface area (Å²) in [7, 11) is 0. The number of carbonyl (C=O) groups excluding carboxylic acids is 1. The Morgan fingerprint density at radius 3 is 2.57 bits per heavy atom. The Kier molecular flexibility index (Phi) is 5.57. The van der Waals surface area contributed by atoms with Crippen molar-refractivity contribution < 1.29 is 24.0 Å². The highest BCUT2D eigenvalue weighted by Gasteiger charge is 2.20. The molecular weight excluding hydrogens is 408 g/mol. The summed E-state index contributed by atoms with van der Waals surface area (Å²) in [6.07, 6.45) is 1.28. The third-order valence-corrected chi connectivity index (χ3v) is 4.92. The molecule has 0 fully saturated rings. The van der Waals surface area contributed by atoms with E-state index in [0.29, 0.717) is 9.90 Å². The molecule has 0 saturated heterocycles. The highest BCUT2D eigenvalue weighted by Crippen LogP contribution is 2.33. The van der Waals surface area contributed by atoms with Crippen LogP contribution in [0, 0.1) is 10.1 Å². The lowest BCUT2D eigenvalue weighted by Crippen LogP contribution is -2.26. The van der Waals surface area contributed by atoms with Crippen molar-refractivity contribution in [3.8, 4) is 10.4 Å². The zero-order chi connectivity index (χ0) is 20.3. The van der Waals surface area contributed by atoms with Gasteiger partial charge in [-0.25, -0.2) is 4.79 Å². The molecule has 2 heterocycles. The fourth-order valence-corrected chi connectivity index (χ4v) is 3.55. The molecule has 142 valence electrons. The molecule has 0 bridgehead atoms. The molecule has 0 aliphatic rings. The van der Waals surface area contributed by atoms with Gasteiger partial charge in [-0.05, 0) is 30.3 Å². The monoisotopic (exact) mass is 418 g/mol. The van der Waals surface area contributed by atoms with Gasteiger partial charge in [-0.1, -0.05) is 29.8 Å². The van der Waals surface area contributed by atoms with Gasteiger partial charge in [0, 0.05) is 20.3 Å². The number of rotatable bonds is 6. The maximum Gasteiger partial charge on any atom is 0.433 e. The number of halogens is 1. The predicted molar refractivity (Wildman–Crippen MR) is 103 cm³/mol. The Morgan fingerprint density at radius 1 is 1.18 bits per heavy atom. The van der Waals surface area contributed by atoms with Gasteiger partial charge >= 0.3 is 11.9 Å². The third kappa shape index (κ3) is 4.27. The second-order valence-electron chi connectivity index (χ2n) is 5.39. The predicted octanol–water partition coefficient (Wildman–Crippen LogP) is 4.43. The first kappa shape index (κ1) is 19.3. The van der Waals surface area contributed by atoms with Crippen LogP contribution in [0.4, 0.5) is 5.88 Å². The molecule has 3 rings (SSSR count). The van der Waals surface area contributed by atoms with E-state index in [9.17, 15) is 24.8 Å². The lowest BCUT2D eigenvalue weighted by atomic mass is 10.2. The van der Waals surface area contributed by atoms with Gasteiger partial charge in [-0.3, -0.25) is 14.9 Å². The van der Waals surface area contributed by atoms with Crippen molar-refractivity contribution in [1.82, 2.24) is 5.32 Å². The van der Waals surface area contributed by atoms with Gasteiger partial charge in [0.1, 0.15) is 10.6 Å². The number of furan rings is 1. The normalized spacial score (nSPS) is 11.2. The standard InChI is InChI=1S/C18H11ClN2O6S/c19-12-4-2-1-3-11(12)15-7-5-10(28-15)9-13(18(23)24)20-17(22)14-6-8-16(27-14)21(25)26/h1-9H,(H,20,22)(H,23,24)/b13-9-. The minimum atomic E-state index is -1.37. The first-order valence-corrected chi connectivity index (χ1v) is 8.90. The topological polar surface area (TPSA) is 123 Å². The van der Waals surface area contributed by atoms with Crippen molar-refractivity contribution in [3.05, 3.63) is 80.0 Å². The van der Waals surface area contributed by atoms with E-state index in [-0.39, 0.29) is 5.76 Å². The number of carbonyl (C=O) groups is 2. The molecule has 0 aliphatic heterocycles. The molecule has 1 amide bonds. The van der Waals surface area contributed by atoms with E-state index < -0.39 is 28.4 Å². The van der Waals surface area contributed by atoms with Gasteiger partial charge in [0.05, 0.1) is 6.07 Å². The van der Waals surface area contributed by atoms with Gasteiger partial charge in [-0.2, -0.15) is 0 Å². The number of nitrogens with one attached hydrogen (secondary N) is 1. The van der Waals surface area contributed by atoms with E-state index in [1.165, 1.54) is 17.4 Å². The largest absolute Gasteiger partial charge is 0.477 e. The van der Waals surface area contributed by atoms with Crippen molar-refractivity contribution in [2.75, 3.05) is 0 Å². The summed E-state index contributed by atoms with van der Waals surface area (Å²) in [6.45, 7) is 0. The van der Waals surface area contributed by atoms with Gasteiger partial charge < -0.3 is 14.8 Å². The number of carboxylic acids is 1. The second kappa shape index (κ2) is 8.07. The van der Waals surface area contributed by atoms with Crippen LogP contribution in [0.1, 0.15) is 15.4 Å². The lowest BCUT2D eigenvalue weighted by Gasteiger charge is -2.03. The summed E-state index contributed by atoms with van der Waals surface area (Å²) in [5.74, 6) is -3.28. The Labute approximate surface area is 166 Å². The van der Waals surface area contributed by atoms with Crippen LogP contribution in [0.15, 0.2) is 58.6 Å². The van der Waals surface area contributed by atoms with Crippen molar-refractivity contribution in [1.29, 1.82) is 0 Å². The molecule has 0 saturated carbocycles. The molecule has 3 aromatic rings. The quantitative estimate of drug-likeness (QED) is 0.347. The minimum Gasteiger partial charge on any atom is -0.477 e. The smallest absolute Gasteiger partial charge is 0.433 e. The average molecular weight is 419 g/mol. The van der Waals surface area contributed by atoms with Crippen LogP contribution in [0.3, 0.4) is 0 Å². The van der Waals surface area contributed by atoms with Gasteiger partial charge in [0.2, 0.25) is 0 Å². The SMILES string of the molecule is O=C(O)/C(=C/c1ccc(-c2ccccc2Cl)s1)NC(=O)c1ccc([N+](=O)[O-])o1. The number of carboxylic acid groups (broad SMARTS) is 1. The lowest BCUT2D eigenvalue weighted by molar-refractivity contribution is -0.402. The molecule has 0 atom stereocenters. The van der Waals surface area contributed by atoms with Gasteiger partial charge in [0.15, 0.2) is 5.76 Å². The van der Waals surface area contributed by atoms with E-state index in [4.69, 9.17) is 16.0 Å². The fourth-order valence-electron chi connectivity index (χ4n) is 2.26. The van der Waals surface area contributed by atoms with Crippen LogP contribution < -0.4 is 5.32 Å². The van der Waals surface area contributed by atoms with Gasteiger partial charge in [0.25, 0.3) is 5.91 Å². The van der Waals surface area contributed by atoms with Crippen LogP contribution in [0.2, 0.25) is 5.02 Å². The molecule has 0 aliphatic carbocycles. The zero-order valence-electron chi connectivity index (χ0n) is 13.9. The molecule has 8 nitrogen and oxygen atoms in total. The van der Waals surface area contributed by atoms with Crippen molar-refractivity contribution in [2.24, 2.45) is 0 Å². The molecule has 0 radical (unpaired) electrons. The summed E-state index contributed by atoms with van der Waals surface area (Å²) in [5.41, 5.74) is 0.397. The highest BCUT2D eigenvalue weighted by molar-refractivity contribution is 7.16. The highest BCUT2D eigenvalue weighted by atomic mass is 35.5. The number of hydrogen-bond acceptors (Lipinski definition) is 6. The molecule has 1 aromatic carbocycles. The number of thiophene rings is 1. The molecule has 0 unspecified atom stereocenters. The molecule has 10 heteroatoms.